The third-order valence-electron chi connectivity index (χ3n) is 3.42. The summed E-state index contributed by atoms with van der Waals surface area (Å²) in [4.78, 5) is 2.57. The van der Waals surface area contributed by atoms with Gasteiger partial charge in [-0.2, -0.15) is 0 Å². The number of nitrogens with zero attached hydrogens (tertiary/aromatic N) is 1. The molecule has 0 amide bonds. The number of hydrogen-bond donors (Lipinski definition) is 0. The number of hydrogen-bond acceptors (Lipinski definition) is 1. The molecule has 1 saturated heterocycles. The minimum atomic E-state index is 0. The molecule has 2 heteroatoms. The van der Waals surface area contributed by atoms with E-state index in [1.165, 1.54) is 37.9 Å². The van der Waals surface area contributed by atoms with E-state index >= 15 is 0 Å². The van der Waals surface area contributed by atoms with Gasteiger partial charge in [0, 0.05) is 6.04 Å². The van der Waals surface area contributed by atoms with Gasteiger partial charge in [0.2, 0.25) is 0 Å². The summed E-state index contributed by atoms with van der Waals surface area (Å²) in [6.45, 7) is 6.47. The van der Waals surface area contributed by atoms with E-state index in [0.29, 0.717) is 6.04 Å². The molecule has 1 nitrogen and oxygen atoms in total. The van der Waals surface area contributed by atoms with Crippen LogP contribution in [0.25, 0.3) is 0 Å². The fourth-order valence-electron chi connectivity index (χ4n) is 2.47. The molecule has 1 fully saturated rings. The van der Waals surface area contributed by atoms with Crippen molar-refractivity contribution in [2.75, 3.05) is 13.1 Å². The Morgan fingerprint density at radius 1 is 1.12 bits per heavy atom. The maximum Gasteiger partial charge on any atom is 0.0316 e. The van der Waals surface area contributed by atoms with Crippen molar-refractivity contribution in [1.29, 1.82) is 0 Å². The van der Waals surface area contributed by atoms with Crippen molar-refractivity contribution in [2.24, 2.45) is 0 Å². The lowest BCUT2D eigenvalue weighted by atomic mass is 10.0. The van der Waals surface area contributed by atoms with Gasteiger partial charge >= 0.3 is 0 Å². The number of piperidine rings is 1. The zero-order chi connectivity index (χ0) is 11.2. The SMILES string of the molecule is C=CC(Cc1ccccc1)N1CCCCC1.Cl. The zero-order valence-corrected chi connectivity index (χ0v) is 11.2. The predicted octanol–water partition coefficient (Wildman–Crippen LogP) is 3.69. The Kier molecular flexibility index (Phi) is 6.31. The molecular formula is C15H22ClN. The first-order valence-electron chi connectivity index (χ1n) is 6.30. The van der Waals surface area contributed by atoms with Gasteiger partial charge in [0.15, 0.2) is 0 Å². The van der Waals surface area contributed by atoms with Crippen molar-refractivity contribution in [3.05, 3.63) is 48.6 Å². The number of rotatable bonds is 4. The van der Waals surface area contributed by atoms with Gasteiger partial charge in [0.05, 0.1) is 0 Å². The Morgan fingerprint density at radius 2 is 1.76 bits per heavy atom. The average molecular weight is 252 g/mol. The van der Waals surface area contributed by atoms with Crippen LogP contribution in [-0.2, 0) is 6.42 Å². The second-order valence-corrected chi connectivity index (χ2v) is 4.59. The second kappa shape index (κ2) is 7.52. The van der Waals surface area contributed by atoms with E-state index in [2.05, 4.69) is 47.9 Å². The summed E-state index contributed by atoms with van der Waals surface area (Å²) in [6, 6.07) is 11.2. The van der Waals surface area contributed by atoms with E-state index in [0.717, 1.165) is 6.42 Å². The van der Waals surface area contributed by atoms with E-state index < -0.39 is 0 Å². The van der Waals surface area contributed by atoms with Crippen LogP contribution >= 0.6 is 12.4 Å². The molecule has 1 aromatic rings. The first kappa shape index (κ1) is 14.3. The van der Waals surface area contributed by atoms with Gasteiger partial charge in [-0.25, -0.2) is 0 Å². The fourth-order valence-corrected chi connectivity index (χ4v) is 2.47. The van der Waals surface area contributed by atoms with Gasteiger partial charge in [-0.1, -0.05) is 42.8 Å². The van der Waals surface area contributed by atoms with Crippen LogP contribution in [0.15, 0.2) is 43.0 Å². The minimum absolute atomic E-state index is 0. The Bertz CT molecular complexity index is 317. The summed E-state index contributed by atoms with van der Waals surface area (Å²) in [5.41, 5.74) is 1.41. The lowest BCUT2D eigenvalue weighted by Crippen LogP contribution is -2.39. The Balaban J connectivity index is 0.00000144. The molecule has 1 aliphatic rings. The van der Waals surface area contributed by atoms with Crippen LogP contribution in [0.3, 0.4) is 0 Å². The van der Waals surface area contributed by atoms with Gasteiger partial charge in [0.1, 0.15) is 0 Å². The molecule has 1 atom stereocenters. The van der Waals surface area contributed by atoms with Crippen LogP contribution in [0.5, 0.6) is 0 Å². The topological polar surface area (TPSA) is 3.24 Å². The lowest BCUT2D eigenvalue weighted by molar-refractivity contribution is 0.190. The molecule has 0 bridgehead atoms. The van der Waals surface area contributed by atoms with Crippen LogP contribution in [0, 0.1) is 0 Å². The Labute approximate surface area is 111 Å². The third kappa shape index (κ3) is 4.18. The highest BCUT2D eigenvalue weighted by Gasteiger charge is 2.17. The summed E-state index contributed by atoms with van der Waals surface area (Å²) >= 11 is 0. The molecule has 1 aliphatic heterocycles. The van der Waals surface area contributed by atoms with Crippen molar-refractivity contribution in [2.45, 2.75) is 31.7 Å². The van der Waals surface area contributed by atoms with Crippen molar-refractivity contribution >= 4 is 12.4 Å². The monoisotopic (exact) mass is 251 g/mol. The standard InChI is InChI=1S/C15H21N.ClH/c1-2-15(16-11-7-4-8-12-16)13-14-9-5-3-6-10-14;/h2-3,5-6,9-10,15H,1,4,7-8,11-13H2;1H. The van der Waals surface area contributed by atoms with E-state index in [9.17, 15) is 0 Å². The number of likely N-dealkylation sites (tertiary alicyclic amines) is 1. The molecule has 1 aromatic carbocycles. The molecule has 2 rings (SSSR count). The molecule has 0 saturated carbocycles. The van der Waals surface area contributed by atoms with Gasteiger partial charge in [0.25, 0.3) is 0 Å². The number of halogens is 1. The van der Waals surface area contributed by atoms with Gasteiger partial charge < -0.3 is 0 Å². The normalized spacial score (nSPS) is 18.1. The molecular weight excluding hydrogens is 230 g/mol. The van der Waals surface area contributed by atoms with Gasteiger partial charge in [-0.3, -0.25) is 4.90 Å². The first-order chi connectivity index (χ1) is 7.90. The summed E-state index contributed by atoms with van der Waals surface area (Å²) in [5.74, 6) is 0. The summed E-state index contributed by atoms with van der Waals surface area (Å²) < 4.78 is 0. The van der Waals surface area contributed by atoms with Gasteiger partial charge in [-0.15, -0.1) is 19.0 Å². The highest BCUT2D eigenvalue weighted by molar-refractivity contribution is 5.85. The highest BCUT2D eigenvalue weighted by Crippen LogP contribution is 2.16. The number of benzene rings is 1. The molecule has 1 unspecified atom stereocenters. The summed E-state index contributed by atoms with van der Waals surface area (Å²) in [7, 11) is 0. The molecule has 94 valence electrons. The van der Waals surface area contributed by atoms with E-state index in [1.807, 2.05) is 0 Å². The lowest BCUT2D eigenvalue weighted by Gasteiger charge is -2.32. The smallest absolute Gasteiger partial charge is 0.0316 e. The zero-order valence-electron chi connectivity index (χ0n) is 10.3. The van der Waals surface area contributed by atoms with Crippen LogP contribution < -0.4 is 0 Å². The molecule has 0 aliphatic carbocycles. The maximum atomic E-state index is 3.99. The van der Waals surface area contributed by atoms with E-state index in [1.54, 1.807) is 0 Å². The molecule has 1 heterocycles. The maximum absolute atomic E-state index is 3.99. The molecule has 0 radical (unpaired) electrons. The molecule has 0 spiro atoms. The van der Waals surface area contributed by atoms with E-state index in [4.69, 9.17) is 0 Å². The molecule has 0 aromatic heterocycles. The van der Waals surface area contributed by atoms with Crippen molar-refractivity contribution in [1.82, 2.24) is 4.90 Å². The van der Waals surface area contributed by atoms with Crippen molar-refractivity contribution in [3.8, 4) is 0 Å². The first-order valence-corrected chi connectivity index (χ1v) is 6.30. The molecule has 0 N–H and O–H groups in total. The van der Waals surface area contributed by atoms with Crippen LogP contribution in [-0.4, -0.2) is 24.0 Å². The van der Waals surface area contributed by atoms with Crippen LogP contribution in [0.4, 0.5) is 0 Å². The highest BCUT2D eigenvalue weighted by atomic mass is 35.5. The quantitative estimate of drug-likeness (QED) is 0.738. The largest absolute Gasteiger partial charge is 0.297 e. The van der Waals surface area contributed by atoms with Crippen molar-refractivity contribution in [3.63, 3.8) is 0 Å². The van der Waals surface area contributed by atoms with E-state index in [-0.39, 0.29) is 12.4 Å². The third-order valence-corrected chi connectivity index (χ3v) is 3.42. The summed E-state index contributed by atoms with van der Waals surface area (Å²) in [5, 5.41) is 0. The second-order valence-electron chi connectivity index (χ2n) is 4.59. The Morgan fingerprint density at radius 3 is 2.35 bits per heavy atom. The average Bonchev–Trinajstić information content (AvgIpc) is 2.38. The van der Waals surface area contributed by atoms with Crippen LogP contribution in [0.1, 0.15) is 24.8 Å². The minimum Gasteiger partial charge on any atom is -0.297 e. The fraction of sp³-hybridized carbons (Fsp3) is 0.467. The van der Waals surface area contributed by atoms with Crippen molar-refractivity contribution < 1.29 is 0 Å². The predicted molar refractivity (Wildman–Crippen MR) is 76.8 cm³/mol. The molecule has 17 heavy (non-hydrogen) atoms. The van der Waals surface area contributed by atoms with Crippen LogP contribution in [0.2, 0.25) is 0 Å². The van der Waals surface area contributed by atoms with Gasteiger partial charge in [-0.05, 0) is 37.9 Å². The Hall–Kier alpha value is -0.790. The summed E-state index contributed by atoms with van der Waals surface area (Å²) in [6.07, 6.45) is 7.30.